The SMILES string of the molecule is C=CCC(=O)C(C)(CC)N1CCCCC1. The molecule has 0 amide bonds. The summed E-state index contributed by atoms with van der Waals surface area (Å²) in [6.45, 7) is 10.0. The molecule has 0 saturated carbocycles. The van der Waals surface area contributed by atoms with Crippen LogP contribution < -0.4 is 0 Å². The third kappa shape index (κ3) is 2.69. The zero-order valence-corrected chi connectivity index (χ0v) is 10.1. The topological polar surface area (TPSA) is 20.3 Å². The Hall–Kier alpha value is -0.630. The van der Waals surface area contributed by atoms with E-state index in [4.69, 9.17) is 0 Å². The molecule has 1 aliphatic rings. The van der Waals surface area contributed by atoms with Crippen molar-refractivity contribution in [2.75, 3.05) is 13.1 Å². The number of rotatable bonds is 5. The molecule has 15 heavy (non-hydrogen) atoms. The van der Waals surface area contributed by atoms with Crippen molar-refractivity contribution in [2.24, 2.45) is 0 Å². The highest BCUT2D eigenvalue weighted by Crippen LogP contribution is 2.26. The fourth-order valence-electron chi connectivity index (χ4n) is 2.34. The molecular formula is C13H23NO. The molecular weight excluding hydrogens is 186 g/mol. The van der Waals surface area contributed by atoms with Crippen LogP contribution in [-0.4, -0.2) is 29.3 Å². The third-order valence-electron chi connectivity index (χ3n) is 3.67. The molecule has 1 heterocycles. The van der Waals surface area contributed by atoms with Crippen LogP contribution in [0.1, 0.15) is 46.0 Å². The first-order valence-corrected chi connectivity index (χ1v) is 6.04. The highest BCUT2D eigenvalue weighted by atomic mass is 16.1. The fraction of sp³-hybridized carbons (Fsp3) is 0.769. The first kappa shape index (κ1) is 12.4. The standard InChI is InChI=1S/C13H23NO/c1-4-9-12(15)13(3,5-2)14-10-7-6-8-11-14/h4H,1,5-11H2,2-3H3. The maximum atomic E-state index is 12.1. The van der Waals surface area contributed by atoms with Gasteiger partial charge in [-0.1, -0.05) is 19.4 Å². The van der Waals surface area contributed by atoms with Gasteiger partial charge in [0.2, 0.25) is 0 Å². The lowest BCUT2D eigenvalue weighted by Gasteiger charge is -2.41. The van der Waals surface area contributed by atoms with Gasteiger partial charge in [0, 0.05) is 6.42 Å². The molecule has 0 aromatic heterocycles. The number of allylic oxidation sites excluding steroid dienone is 1. The smallest absolute Gasteiger partial charge is 0.156 e. The second kappa shape index (κ2) is 5.45. The molecule has 0 radical (unpaired) electrons. The zero-order chi connectivity index (χ0) is 11.3. The molecule has 1 rings (SSSR count). The van der Waals surface area contributed by atoms with Crippen molar-refractivity contribution in [1.82, 2.24) is 4.90 Å². The fourth-order valence-corrected chi connectivity index (χ4v) is 2.34. The number of Topliss-reactive ketones (excluding diaryl/α,β-unsaturated/α-hetero) is 1. The molecule has 1 unspecified atom stereocenters. The number of carbonyl (C=O) groups is 1. The molecule has 0 aliphatic carbocycles. The van der Waals surface area contributed by atoms with Crippen molar-refractivity contribution >= 4 is 5.78 Å². The van der Waals surface area contributed by atoms with E-state index < -0.39 is 0 Å². The highest BCUT2D eigenvalue weighted by molar-refractivity contribution is 5.89. The summed E-state index contributed by atoms with van der Waals surface area (Å²) in [6, 6.07) is 0. The maximum absolute atomic E-state index is 12.1. The van der Waals surface area contributed by atoms with Gasteiger partial charge in [0.25, 0.3) is 0 Å². The van der Waals surface area contributed by atoms with Gasteiger partial charge in [-0.15, -0.1) is 6.58 Å². The lowest BCUT2D eigenvalue weighted by molar-refractivity contribution is -0.130. The van der Waals surface area contributed by atoms with E-state index in [1.807, 2.05) is 0 Å². The van der Waals surface area contributed by atoms with Gasteiger partial charge in [0.15, 0.2) is 5.78 Å². The molecule has 0 spiro atoms. The molecule has 1 atom stereocenters. The zero-order valence-electron chi connectivity index (χ0n) is 10.1. The average Bonchev–Trinajstić information content (AvgIpc) is 2.29. The van der Waals surface area contributed by atoms with Crippen LogP contribution in [0.4, 0.5) is 0 Å². The van der Waals surface area contributed by atoms with E-state index in [0.29, 0.717) is 12.2 Å². The minimum Gasteiger partial charge on any atom is -0.297 e. The normalized spacial score (nSPS) is 22.0. The molecule has 1 fully saturated rings. The summed E-state index contributed by atoms with van der Waals surface area (Å²) in [5, 5.41) is 0. The van der Waals surface area contributed by atoms with E-state index in [1.54, 1.807) is 6.08 Å². The van der Waals surface area contributed by atoms with Crippen LogP contribution in [0.3, 0.4) is 0 Å². The number of likely N-dealkylation sites (tertiary alicyclic amines) is 1. The second-order valence-corrected chi connectivity index (χ2v) is 4.59. The Morgan fingerprint density at radius 3 is 2.47 bits per heavy atom. The molecule has 1 saturated heterocycles. The van der Waals surface area contributed by atoms with Gasteiger partial charge < -0.3 is 0 Å². The van der Waals surface area contributed by atoms with Crippen molar-refractivity contribution in [3.05, 3.63) is 12.7 Å². The Kier molecular flexibility index (Phi) is 4.52. The Labute approximate surface area is 93.3 Å². The van der Waals surface area contributed by atoms with E-state index >= 15 is 0 Å². The highest BCUT2D eigenvalue weighted by Gasteiger charge is 2.36. The lowest BCUT2D eigenvalue weighted by Crippen LogP contribution is -2.53. The second-order valence-electron chi connectivity index (χ2n) is 4.59. The van der Waals surface area contributed by atoms with E-state index in [1.165, 1.54) is 19.3 Å². The van der Waals surface area contributed by atoms with Gasteiger partial charge in [-0.3, -0.25) is 9.69 Å². The number of hydrogen-bond donors (Lipinski definition) is 0. The Balaban J connectivity index is 2.72. The van der Waals surface area contributed by atoms with Crippen LogP contribution in [0.15, 0.2) is 12.7 Å². The van der Waals surface area contributed by atoms with Crippen molar-refractivity contribution in [3.63, 3.8) is 0 Å². The van der Waals surface area contributed by atoms with E-state index in [-0.39, 0.29) is 5.54 Å². The first-order chi connectivity index (χ1) is 7.15. The average molecular weight is 209 g/mol. The molecule has 0 bridgehead atoms. The minimum atomic E-state index is -0.255. The minimum absolute atomic E-state index is 0.255. The number of hydrogen-bond acceptors (Lipinski definition) is 2. The lowest BCUT2D eigenvalue weighted by atomic mass is 9.87. The predicted molar refractivity (Wildman–Crippen MR) is 63.9 cm³/mol. The van der Waals surface area contributed by atoms with Crippen LogP contribution in [0, 0.1) is 0 Å². The maximum Gasteiger partial charge on any atom is 0.156 e. The summed E-state index contributed by atoms with van der Waals surface area (Å²) < 4.78 is 0. The number of ketones is 1. The summed E-state index contributed by atoms with van der Waals surface area (Å²) in [5.74, 6) is 0.321. The molecule has 0 aromatic carbocycles. The van der Waals surface area contributed by atoms with Gasteiger partial charge in [0.1, 0.15) is 0 Å². The van der Waals surface area contributed by atoms with Crippen molar-refractivity contribution in [2.45, 2.75) is 51.5 Å². The Morgan fingerprint density at radius 2 is 2.00 bits per heavy atom. The van der Waals surface area contributed by atoms with Crippen molar-refractivity contribution < 1.29 is 4.79 Å². The van der Waals surface area contributed by atoms with Crippen molar-refractivity contribution in [3.8, 4) is 0 Å². The van der Waals surface area contributed by atoms with Gasteiger partial charge in [0.05, 0.1) is 5.54 Å². The van der Waals surface area contributed by atoms with Crippen LogP contribution >= 0.6 is 0 Å². The van der Waals surface area contributed by atoms with Gasteiger partial charge in [-0.2, -0.15) is 0 Å². The van der Waals surface area contributed by atoms with Gasteiger partial charge >= 0.3 is 0 Å². The first-order valence-electron chi connectivity index (χ1n) is 6.04. The summed E-state index contributed by atoms with van der Waals surface area (Å²) in [5.41, 5.74) is -0.255. The molecule has 2 heteroatoms. The monoisotopic (exact) mass is 209 g/mol. The van der Waals surface area contributed by atoms with Crippen LogP contribution in [0.2, 0.25) is 0 Å². The van der Waals surface area contributed by atoms with E-state index in [0.717, 1.165) is 19.5 Å². The molecule has 1 aliphatic heterocycles. The number of nitrogens with zero attached hydrogens (tertiary/aromatic N) is 1. The van der Waals surface area contributed by atoms with Crippen LogP contribution in [0.25, 0.3) is 0 Å². The summed E-state index contributed by atoms with van der Waals surface area (Å²) >= 11 is 0. The van der Waals surface area contributed by atoms with E-state index in [2.05, 4.69) is 25.3 Å². The number of carbonyl (C=O) groups excluding carboxylic acids is 1. The molecule has 2 nitrogen and oxygen atoms in total. The van der Waals surface area contributed by atoms with Crippen LogP contribution in [-0.2, 0) is 4.79 Å². The number of piperidine rings is 1. The van der Waals surface area contributed by atoms with E-state index in [9.17, 15) is 4.79 Å². The summed E-state index contributed by atoms with van der Waals surface area (Å²) in [6.07, 6.45) is 6.90. The predicted octanol–water partition coefficient (Wildman–Crippen LogP) is 2.79. The Morgan fingerprint density at radius 1 is 1.40 bits per heavy atom. The van der Waals surface area contributed by atoms with Crippen molar-refractivity contribution in [1.29, 1.82) is 0 Å². The largest absolute Gasteiger partial charge is 0.297 e. The molecule has 0 N–H and O–H groups in total. The Bertz CT molecular complexity index is 231. The van der Waals surface area contributed by atoms with Crippen LogP contribution in [0.5, 0.6) is 0 Å². The molecule has 86 valence electrons. The third-order valence-corrected chi connectivity index (χ3v) is 3.67. The quantitative estimate of drug-likeness (QED) is 0.649. The summed E-state index contributed by atoms with van der Waals surface area (Å²) in [7, 11) is 0. The summed E-state index contributed by atoms with van der Waals surface area (Å²) in [4.78, 5) is 14.4. The van der Waals surface area contributed by atoms with Gasteiger partial charge in [-0.25, -0.2) is 0 Å². The molecule has 0 aromatic rings. The van der Waals surface area contributed by atoms with Gasteiger partial charge in [-0.05, 0) is 39.3 Å².